The van der Waals surface area contributed by atoms with E-state index in [4.69, 9.17) is 0 Å². The summed E-state index contributed by atoms with van der Waals surface area (Å²) in [7, 11) is 1.21. The van der Waals surface area contributed by atoms with Gasteiger partial charge in [0, 0.05) is 6.07 Å². The zero-order valence-corrected chi connectivity index (χ0v) is 13.8. The smallest absolute Gasteiger partial charge is 0.433 e. The van der Waals surface area contributed by atoms with Gasteiger partial charge in [-0.15, -0.1) is 0 Å². The molecule has 0 unspecified atom stereocenters. The summed E-state index contributed by atoms with van der Waals surface area (Å²) in [5, 5.41) is -0.125. The molecule has 0 fully saturated rings. The quantitative estimate of drug-likeness (QED) is 0.479. The Kier molecular flexibility index (Phi) is 5.02. The number of aryl methyl sites for hydroxylation is 1. The summed E-state index contributed by atoms with van der Waals surface area (Å²) in [6.07, 6.45) is -3.20. The molecular formula is C15H13F3N2O3S. The fourth-order valence-electron chi connectivity index (χ4n) is 2.06. The predicted octanol–water partition coefficient (Wildman–Crippen LogP) is 3.07. The largest absolute Gasteiger partial charge is 0.465 e. The van der Waals surface area contributed by atoms with Crippen LogP contribution in [0.5, 0.6) is 0 Å². The number of aromatic nitrogens is 2. The van der Waals surface area contributed by atoms with Gasteiger partial charge in [0.15, 0.2) is 10.9 Å². The van der Waals surface area contributed by atoms with Crippen molar-refractivity contribution in [2.75, 3.05) is 13.4 Å². The summed E-state index contributed by atoms with van der Waals surface area (Å²) in [5.41, 5.74) is -1.09. The highest BCUT2D eigenvalue weighted by Crippen LogP contribution is 2.29. The van der Waals surface area contributed by atoms with Crippen molar-refractivity contribution in [2.24, 2.45) is 0 Å². The number of halogens is 3. The summed E-state index contributed by atoms with van der Waals surface area (Å²) in [5.74, 6) is -0.616. The van der Waals surface area contributed by atoms with Gasteiger partial charge in [-0.3, -0.25) is 9.36 Å². The van der Waals surface area contributed by atoms with E-state index in [1.807, 2.05) is 0 Å². The molecule has 1 aromatic carbocycles. The van der Waals surface area contributed by atoms with Crippen molar-refractivity contribution in [1.82, 2.24) is 9.55 Å². The Bertz CT molecular complexity index is 847. The monoisotopic (exact) mass is 358 g/mol. The third-order valence-electron chi connectivity index (χ3n) is 3.23. The molecule has 1 aromatic heterocycles. The van der Waals surface area contributed by atoms with Gasteiger partial charge < -0.3 is 4.74 Å². The molecule has 0 atom stereocenters. The molecule has 2 aromatic rings. The minimum Gasteiger partial charge on any atom is -0.465 e. The standard InChI is InChI=1S/C15H13F3N2O3S/c1-8-4-5-9(13(22)23-2)6-10(8)20-12(21)7-11(15(16,17)18)19-14(20)24-3/h4-7H,1-3H3. The highest BCUT2D eigenvalue weighted by atomic mass is 32.2. The van der Waals surface area contributed by atoms with E-state index < -0.39 is 23.4 Å². The summed E-state index contributed by atoms with van der Waals surface area (Å²) in [4.78, 5) is 27.4. The SMILES string of the molecule is COC(=O)c1ccc(C)c(-n2c(SC)nc(C(F)(F)F)cc2=O)c1. The molecule has 0 spiro atoms. The molecule has 24 heavy (non-hydrogen) atoms. The second-order valence-corrected chi connectivity index (χ2v) is 5.57. The Hall–Kier alpha value is -2.29. The van der Waals surface area contributed by atoms with Crippen LogP contribution in [0, 0.1) is 6.92 Å². The number of methoxy groups -OCH3 is 1. The maximum absolute atomic E-state index is 12.8. The van der Waals surface area contributed by atoms with Crippen LogP contribution in [0.25, 0.3) is 5.69 Å². The van der Waals surface area contributed by atoms with Crippen molar-refractivity contribution in [3.05, 3.63) is 51.4 Å². The summed E-state index contributed by atoms with van der Waals surface area (Å²) in [6.45, 7) is 1.67. The zero-order chi connectivity index (χ0) is 18.1. The number of benzene rings is 1. The third-order valence-corrected chi connectivity index (χ3v) is 3.87. The number of carbonyl (C=O) groups is 1. The van der Waals surface area contributed by atoms with Gasteiger partial charge in [0.05, 0.1) is 18.4 Å². The van der Waals surface area contributed by atoms with E-state index in [2.05, 4.69) is 9.72 Å². The molecule has 1 heterocycles. The fraction of sp³-hybridized carbons (Fsp3) is 0.267. The van der Waals surface area contributed by atoms with Crippen molar-refractivity contribution < 1.29 is 22.7 Å². The van der Waals surface area contributed by atoms with E-state index in [0.717, 1.165) is 16.3 Å². The average Bonchev–Trinajstić information content (AvgIpc) is 2.53. The van der Waals surface area contributed by atoms with Crippen LogP contribution in [0.3, 0.4) is 0 Å². The van der Waals surface area contributed by atoms with Crippen molar-refractivity contribution in [3.63, 3.8) is 0 Å². The predicted molar refractivity (Wildman–Crippen MR) is 82.7 cm³/mol. The first-order valence-electron chi connectivity index (χ1n) is 6.63. The van der Waals surface area contributed by atoms with Crippen molar-refractivity contribution >= 4 is 17.7 Å². The second kappa shape index (κ2) is 6.68. The molecule has 0 N–H and O–H groups in total. The van der Waals surface area contributed by atoms with E-state index >= 15 is 0 Å². The van der Waals surface area contributed by atoms with Gasteiger partial charge in [-0.25, -0.2) is 9.78 Å². The highest BCUT2D eigenvalue weighted by Gasteiger charge is 2.34. The Balaban J connectivity index is 2.73. The number of thioether (sulfide) groups is 1. The summed E-state index contributed by atoms with van der Waals surface area (Å²) < 4.78 is 44.2. The number of rotatable bonds is 3. The number of ether oxygens (including phenoxy) is 1. The van der Waals surface area contributed by atoms with Crippen LogP contribution in [0.1, 0.15) is 21.6 Å². The van der Waals surface area contributed by atoms with Crippen molar-refractivity contribution in [3.8, 4) is 5.69 Å². The third kappa shape index (κ3) is 3.45. The van der Waals surface area contributed by atoms with Gasteiger partial charge in [0.1, 0.15) is 0 Å². The lowest BCUT2D eigenvalue weighted by atomic mass is 10.1. The van der Waals surface area contributed by atoms with Crippen LogP contribution in [0.15, 0.2) is 34.2 Å². The lowest BCUT2D eigenvalue weighted by Crippen LogP contribution is -2.25. The van der Waals surface area contributed by atoms with Gasteiger partial charge in [0.25, 0.3) is 5.56 Å². The maximum atomic E-state index is 12.8. The minimum absolute atomic E-state index is 0.125. The molecule has 0 aliphatic carbocycles. The molecule has 0 saturated carbocycles. The van der Waals surface area contributed by atoms with Gasteiger partial charge in [-0.2, -0.15) is 13.2 Å². The van der Waals surface area contributed by atoms with E-state index in [-0.39, 0.29) is 16.4 Å². The topological polar surface area (TPSA) is 61.2 Å². The van der Waals surface area contributed by atoms with Crippen LogP contribution < -0.4 is 5.56 Å². The zero-order valence-electron chi connectivity index (χ0n) is 13.0. The molecule has 0 aliphatic rings. The molecule has 9 heteroatoms. The number of nitrogens with zero attached hydrogens (tertiary/aromatic N) is 2. The van der Waals surface area contributed by atoms with Gasteiger partial charge in [-0.05, 0) is 30.9 Å². The molecule has 128 valence electrons. The molecule has 0 bridgehead atoms. The Labute approximate surface area is 139 Å². The number of esters is 1. The maximum Gasteiger partial charge on any atom is 0.433 e. The van der Waals surface area contributed by atoms with E-state index in [0.29, 0.717) is 11.6 Å². The molecule has 2 rings (SSSR count). The molecule has 0 amide bonds. The van der Waals surface area contributed by atoms with E-state index in [1.165, 1.54) is 25.5 Å². The summed E-state index contributed by atoms with van der Waals surface area (Å²) >= 11 is 0.899. The fourth-order valence-corrected chi connectivity index (χ4v) is 2.62. The number of alkyl halides is 3. The number of hydrogen-bond acceptors (Lipinski definition) is 5. The molecule has 0 aliphatic heterocycles. The van der Waals surface area contributed by atoms with Crippen LogP contribution in [0.2, 0.25) is 0 Å². The second-order valence-electron chi connectivity index (χ2n) is 4.79. The first-order valence-corrected chi connectivity index (χ1v) is 7.86. The minimum atomic E-state index is -4.72. The van der Waals surface area contributed by atoms with E-state index in [9.17, 15) is 22.8 Å². The van der Waals surface area contributed by atoms with Crippen LogP contribution in [0.4, 0.5) is 13.2 Å². The lowest BCUT2D eigenvalue weighted by Gasteiger charge is -2.15. The van der Waals surface area contributed by atoms with Crippen LogP contribution in [-0.4, -0.2) is 28.9 Å². The molecule has 0 radical (unpaired) electrons. The highest BCUT2D eigenvalue weighted by molar-refractivity contribution is 7.98. The normalized spacial score (nSPS) is 11.4. The first kappa shape index (κ1) is 18.1. The van der Waals surface area contributed by atoms with Crippen LogP contribution >= 0.6 is 11.8 Å². The number of hydrogen-bond donors (Lipinski definition) is 0. The van der Waals surface area contributed by atoms with Gasteiger partial charge in [0.2, 0.25) is 0 Å². The molecule has 5 nitrogen and oxygen atoms in total. The van der Waals surface area contributed by atoms with Gasteiger partial charge in [-0.1, -0.05) is 17.8 Å². The number of carbonyl (C=O) groups excluding carboxylic acids is 1. The van der Waals surface area contributed by atoms with Crippen molar-refractivity contribution in [2.45, 2.75) is 18.3 Å². The lowest BCUT2D eigenvalue weighted by molar-refractivity contribution is -0.141. The molecular weight excluding hydrogens is 345 g/mol. The Morgan fingerprint density at radius 1 is 1.29 bits per heavy atom. The van der Waals surface area contributed by atoms with Crippen molar-refractivity contribution in [1.29, 1.82) is 0 Å². The molecule has 0 saturated heterocycles. The first-order chi connectivity index (χ1) is 11.2. The van der Waals surface area contributed by atoms with Crippen LogP contribution in [-0.2, 0) is 10.9 Å². The van der Waals surface area contributed by atoms with E-state index in [1.54, 1.807) is 13.0 Å². The Morgan fingerprint density at radius 2 is 1.96 bits per heavy atom. The average molecular weight is 358 g/mol. The summed E-state index contributed by atoms with van der Waals surface area (Å²) in [6, 6.07) is 4.91. The van der Waals surface area contributed by atoms with Gasteiger partial charge >= 0.3 is 12.1 Å². The Morgan fingerprint density at radius 3 is 2.50 bits per heavy atom.